The zero-order valence-corrected chi connectivity index (χ0v) is 12.9. The average Bonchev–Trinajstić information content (AvgIpc) is 2.47. The van der Waals surface area contributed by atoms with E-state index in [4.69, 9.17) is 23.2 Å². The van der Waals surface area contributed by atoms with Crippen molar-refractivity contribution in [3.63, 3.8) is 0 Å². The first-order valence-electron chi connectivity index (χ1n) is 6.22. The summed E-state index contributed by atoms with van der Waals surface area (Å²) in [6.07, 6.45) is 0. The lowest BCUT2D eigenvalue weighted by molar-refractivity contribution is 1.18. The average molecular weight is 335 g/mol. The van der Waals surface area contributed by atoms with Gasteiger partial charge in [0.05, 0.1) is 16.9 Å². The van der Waals surface area contributed by atoms with Gasteiger partial charge in [0, 0.05) is 20.3 Å². The Morgan fingerprint density at radius 1 is 1.00 bits per heavy atom. The topological polar surface area (TPSA) is 44.9 Å². The van der Waals surface area contributed by atoms with Crippen LogP contribution in [0.1, 0.15) is 0 Å². The van der Waals surface area contributed by atoms with Crippen LogP contribution in [0.25, 0.3) is 10.9 Å². The molecule has 6 heteroatoms. The maximum atomic E-state index is 12.3. The quantitative estimate of drug-likeness (QED) is 0.473. The maximum absolute atomic E-state index is 12.3. The second-order valence-corrected chi connectivity index (χ2v) is 6.64. The van der Waals surface area contributed by atoms with Gasteiger partial charge in [-0.15, -0.1) is 0 Å². The van der Waals surface area contributed by atoms with Crippen molar-refractivity contribution in [2.45, 2.75) is 9.79 Å². The normalized spacial score (nSPS) is 12.7. The Labute approximate surface area is 134 Å². The summed E-state index contributed by atoms with van der Waals surface area (Å²) in [7, 11) is 0. The van der Waals surface area contributed by atoms with Crippen molar-refractivity contribution >= 4 is 57.2 Å². The molecule has 0 spiro atoms. The Kier molecular flexibility index (Phi) is 2.92. The number of aromatic amines is 1. The van der Waals surface area contributed by atoms with E-state index in [1.165, 1.54) is 11.8 Å². The molecule has 0 unspecified atom stereocenters. The van der Waals surface area contributed by atoms with E-state index in [0.717, 1.165) is 27.2 Å². The molecular formula is C15H8Cl2N2OS. The molecule has 0 radical (unpaired) electrons. The zero-order chi connectivity index (χ0) is 14.6. The van der Waals surface area contributed by atoms with Gasteiger partial charge >= 0.3 is 0 Å². The predicted octanol–water partition coefficient (Wildman–Crippen LogP) is 5.04. The van der Waals surface area contributed by atoms with E-state index >= 15 is 0 Å². The molecule has 1 aliphatic rings. The highest BCUT2D eigenvalue weighted by atomic mass is 35.5. The first-order valence-corrected chi connectivity index (χ1v) is 7.79. The Balaban J connectivity index is 2.02. The number of benzene rings is 2. The number of pyridine rings is 1. The van der Waals surface area contributed by atoms with Gasteiger partial charge < -0.3 is 10.3 Å². The van der Waals surface area contributed by atoms with Gasteiger partial charge in [0.1, 0.15) is 4.90 Å². The number of nitrogens with one attached hydrogen (secondary N) is 2. The number of hydrogen-bond acceptors (Lipinski definition) is 3. The second-order valence-electron chi connectivity index (χ2n) is 4.72. The number of halogens is 2. The van der Waals surface area contributed by atoms with Crippen molar-refractivity contribution < 1.29 is 0 Å². The fraction of sp³-hybridized carbons (Fsp3) is 0. The molecule has 0 saturated carbocycles. The Morgan fingerprint density at radius 2 is 1.76 bits per heavy atom. The van der Waals surface area contributed by atoms with Crippen LogP contribution in [0.3, 0.4) is 0 Å². The number of fused-ring (bicyclic) bond motifs is 4. The number of H-pyrrole nitrogens is 1. The Bertz CT molecular complexity index is 952. The minimum atomic E-state index is -0.122. The van der Waals surface area contributed by atoms with Crippen molar-refractivity contribution in [3.05, 3.63) is 56.8 Å². The molecular weight excluding hydrogens is 327 g/mol. The molecule has 0 fully saturated rings. The van der Waals surface area contributed by atoms with Crippen LogP contribution in [0, 0.1) is 0 Å². The van der Waals surface area contributed by atoms with Crippen LogP contribution in [-0.4, -0.2) is 4.98 Å². The van der Waals surface area contributed by atoms with E-state index in [-0.39, 0.29) is 5.56 Å². The summed E-state index contributed by atoms with van der Waals surface area (Å²) in [5.41, 5.74) is 2.36. The van der Waals surface area contributed by atoms with Crippen molar-refractivity contribution in [1.29, 1.82) is 0 Å². The SMILES string of the molecule is O=c1[nH]c2ccc(Cl)cc2c2c1Sc1cc(Cl)ccc1N2. The van der Waals surface area contributed by atoms with Gasteiger partial charge in [0.25, 0.3) is 5.56 Å². The van der Waals surface area contributed by atoms with Gasteiger partial charge in [-0.05, 0) is 36.4 Å². The van der Waals surface area contributed by atoms with E-state index in [1.807, 2.05) is 30.3 Å². The zero-order valence-electron chi connectivity index (χ0n) is 10.5. The number of hydrogen-bond donors (Lipinski definition) is 2. The van der Waals surface area contributed by atoms with Crippen LogP contribution < -0.4 is 10.9 Å². The van der Waals surface area contributed by atoms with Crippen molar-refractivity contribution in [3.8, 4) is 0 Å². The van der Waals surface area contributed by atoms with Crippen LogP contribution in [-0.2, 0) is 0 Å². The molecule has 2 aromatic carbocycles. The van der Waals surface area contributed by atoms with Crippen LogP contribution in [0.5, 0.6) is 0 Å². The summed E-state index contributed by atoms with van der Waals surface area (Å²) in [4.78, 5) is 16.7. The second kappa shape index (κ2) is 4.70. The summed E-state index contributed by atoms with van der Waals surface area (Å²) in [6.45, 7) is 0. The number of anilines is 2. The standard InChI is InChI=1S/C15H8Cl2N2OS/c16-7-1-3-10-9(5-7)13-14(15(20)19-10)21-12-6-8(17)2-4-11(12)18-13/h1-6,18H,(H,19,20). The highest BCUT2D eigenvalue weighted by Gasteiger charge is 2.21. The summed E-state index contributed by atoms with van der Waals surface area (Å²) < 4.78 is 0. The third-order valence-corrected chi connectivity index (χ3v) is 4.97. The lowest BCUT2D eigenvalue weighted by Crippen LogP contribution is -2.14. The molecule has 1 aromatic heterocycles. The van der Waals surface area contributed by atoms with Crippen LogP contribution in [0.2, 0.25) is 10.0 Å². The molecule has 0 bridgehead atoms. The largest absolute Gasteiger partial charge is 0.353 e. The summed E-state index contributed by atoms with van der Waals surface area (Å²) in [5, 5.41) is 5.49. The van der Waals surface area contributed by atoms with Gasteiger partial charge in [-0.3, -0.25) is 4.79 Å². The molecule has 0 saturated heterocycles. The maximum Gasteiger partial charge on any atom is 0.264 e. The number of aromatic nitrogens is 1. The minimum absolute atomic E-state index is 0.122. The lowest BCUT2D eigenvalue weighted by atomic mass is 10.1. The molecule has 21 heavy (non-hydrogen) atoms. The van der Waals surface area contributed by atoms with E-state index in [0.29, 0.717) is 14.9 Å². The molecule has 2 heterocycles. The minimum Gasteiger partial charge on any atom is -0.353 e. The van der Waals surface area contributed by atoms with Crippen LogP contribution in [0.4, 0.5) is 11.4 Å². The molecule has 0 aliphatic carbocycles. The molecule has 4 rings (SSSR count). The van der Waals surface area contributed by atoms with Gasteiger partial charge in [0.15, 0.2) is 0 Å². The summed E-state index contributed by atoms with van der Waals surface area (Å²) in [6, 6.07) is 11.0. The molecule has 3 aromatic rings. The van der Waals surface area contributed by atoms with Crippen molar-refractivity contribution in [2.24, 2.45) is 0 Å². The van der Waals surface area contributed by atoms with Gasteiger partial charge in [-0.25, -0.2) is 0 Å². The number of rotatable bonds is 0. The van der Waals surface area contributed by atoms with Gasteiger partial charge in [0.2, 0.25) is 0 Å². The third-order valence-electron chi connectivity index (χ3n) is 3.35. The first kappa shape index (κ1) is 13.1. The van der Waals surface area contributed by atoms with Gasteiger partial charge in [-0.2, -0.15) is 0 Å². The molecule has 104 valence electrons. The Hall–Kier alpha value is -1.62. The molecule has 0 atom stereocenters. The summed E-state index contributed by atoms with van der Waals surface area (Å²) >= 11 is 13.5. The Morgan fingerprint density at radius 3 is 2.62 bits per heavy atom. The van der Waals surface area contributed by atoms with Crippen LogP contribution in [0.15, 0.2) is 51.0 Å². The molecule has 0 amide bonds. The van der Waals surface area contributed by atoms with Crippen LogP contribution >= 0.6 is 35.0 Å². The highest BCUT2D eigenvalue weighted by Crippen LogP contribution is 2.45. The third kappa shape index (κ3) is 2.11. The van der Waals surface area contributed by atoms with Crippen molar-refractivity contribution in [2.75, 3.05) is 5.32 Å². The molecule has 1 aliphatic heterocycles. The van der Waals surface area contributed by atoms with E-state index in [2.05, 4.69) is 10.3 Å². The lowest BCUT2D eigenvalue weighted by Gasteiger charge is -2.21. The predicted molar refractivity (Wildman–Crippen MR) is 88.4 cm³/mol. The molecule has 2 N–H and O–H groups in total. The van der Waals surface area contributed by atoms with E-state index < -0.39 is 0 Å². The van der Waals surface area contributed by atoms with E-state index in [1.54, 1.807) is 6.07 Å². The van der Waals surface area contributed by atoms with Crippen molar-refractivity contribution in [1.82, 2.24) is 4.98 Å². The fourth-order valence-electron chi connectivity index (χ4n) is 2.40. The monoisotopic (exact) mass is 334 g/mol. The van der Waals surface area contributed by atoms with Gasteiger partial charge in [-0.1, -0.05) is 35.0 Å². The smallest absolute Gasteiger partial charge is 0.264 e. The highest BCUT2D eigenvalue weighted by molar-refractivity contribution is 7.99. The van der Waals surface area contributed by atoms with E-state index in [9.17, 15) is 4.79 Å². The fourth-order valence-corrected chi connectivity index (χ4v) is 3.85. The first-order chi connectivity index (χ1) is 10.1. The summed E-state index contributed by atoms with van der Waals surface area (Å²) in [5.74, 6) is 0. The molecule has 3 nitrogen and oxygen atoms in total.